The molecule has 0 bridgehead atoms. The smallest absolute Gasteiger partial charge is 0.273 e. The van der Waals surface area contributed by atoms with Crippen molar-refractivity contribution >= 4 is 0 Å². The predicted molar refractivity (Wildman–Crippen MR) is 39.8 cm³/mol. The SMILES string of the molecule is CCCC1C(=C(O)O)C1C. The molecule has 2 atom stereocenters. The number of hydrogen-bond acceptors (Lipinski definition) is 2. The standard InChI is InChI=1S/C8H14O2/c1-3-4-6-5(2)7(6)8(9)10/h5-6,9-10H,3-4H2,1-2H3. The first-order valence-electron chi connectivity index (χ1n) is 3.80. The van der Waals surface area contributed by atoms with Gasteiger partial charge in [0, 0.05) is 5.57 Å². The Morgan fingerprint density at radius 2 is 2.10 bits per heavy atom. The van der Waals surface area contributed by atoms with Crippen molar-refractivity contribution in [2.45, 2.75) is 26.7 Å². The summed E-state index contributed by atoms with van der Waals surface area (Å²) in [6.45, 7) is 4.14. The molecule has 0 saturated heterocycles. The molecular formula is C8H14O2. The van der Waals surface area contributed by atoms with E-state index in [1.165, 1.54) is 0 Å². The van der Waals surface area contributed by atoms with Crippen molar-refractivity contribution in [3.8, 4) is 0 Å². The average Bonchev–Trinajstić information content (AvgIpc) is 2.43. The van der Waals surface area contributed by atoms with Gasteiger partial charge in [0.15, 0.2) is 0 Å². The summed E-state index contributed by atoms with van der Waals surface area (Å²) in [7, 11) is 0. The molecule has 2 heteroatoms. The van der Waals surface area contributed by atoms with Gasteiger partial charge >= 0.3 is 0 Å². The summed E-state index contributed by atoms with van der Waals surface area (Å²) in [6.07, 6.45) is 2.20. The van der Waals surface area contributed by atoms with Gasteiger partial charge in [-0.25, -0.2) is 0 Å². The maximum Gasteiger partial charge on any atom is 0.273 e. The summed E-state index contributed by atoms with van der Waals surface area (Å²) in [5.74, 6) is 0.422. The van der Waals surface area contributed by atoms with Crippen molar-refractivity contribution in [3.63, 3.8) is 0 Å². The first kappa shape index (κ1) is 7.45. The zero-order valence-corrected chi connectivity index (χ0v) is 6.46. The van der Waals surface area contributed by atoms with Gasteiger partial charge in [-0.15, -0.1) is 0 Å². The van der Waals surface area contributed by atoms with Gasteiger partial charge < -0.3 is 10.2 Å². The van der Waals surface area contributed by atoms with Crippen LogP contribution in [0.25, 0.3) is 0 Å². The maximum atomic E-state index is 8.69. The lowest BCUT2D eigenvalue weighted by molar-refractivity contribution is 0.187. The summed E-state index contributed by atoms with van der Waals surface area (Å²) in [5, 5.41) is 17.4. The maximum absolute atomic E-state index is 8.69. The fourth-order valence-corrected chi connectivity index (χ4v) is 1.55. The lowest BCUT2D eigenvalue weighted by Crippen LogP contribution is -1.77. The number of aliphatic hydroxyl groups excluding tert-OH is 1. The largest absolute Gasteiger partial charge is 0.481 e. The van der Waals surface area contributed by atoms with Crippen LogP contribution in [0.3, 0.4) is 0 Å². The van der Waals surface area contributed by atoms with E-state index in [1.54, 1.807) is 0 Å². The molecule has 10 heavy (non-hydrogen) atoms. The third kappa shape index (κ3) is 1.11. The van der Waals surface area contributed by atoms with Gasteiger partial charge in [0.2, 0.25) is 0 Å². The van der Waals surface area contributed by atoms with E-state index in [2.05, 4.69) is 6.92 Å². The van der Waals surface area contributed by atoms with Crippen LogP contribution in [0, 0.1) is 11.8 Å². The summed E-state index contributed by atoms with van der Waals surface area (Å²) in [4.78, 5) is 0. The highest BCUT2D eigenvalue weighted by molar-refractivity contribution is 5.28. The molecular weight excluding hydrogens is 128 g/mol. The Balaban J connectivity index is 2.49. The van der Waals surface area contributed by atoms with E-state index in [4.69, 9.17) is 10.2 Å². The molecule has 2 N–H and O–H groups in total. The Morgan fingerprint density at radius 3 is 2.40 bits per heavy atom. The fraction of sp³-hybridized carbons (Fsp3) is 0.750. The van der Waals surface area contributed by atoms with Gasteiger partial charge in [-0.1, -0.05) is 20.3 Å². The molecule has 1 aliphatic rings. The molecule has 58 valence electrons. The minimum Gasteiger partial charge on any atom is -0.481 e. The summed E-state index contributed by atoms with van der Waals surface area (Å²) < 4.78 is 0. The van der Waals surface area contributed by atoms with Gasteiger partial charge in [0.1, 0.15) is 0 Å². The Morgan fingerprint density at radius 1 is 1.50 bits per heavy atom. The van der Waals surface area contributed by atoms with Crippen LogP contribution in [0.2, 0.25) is 0 Å². The number of allylic oxidation sites excluding steroid dienone is 1. The van der Waals surface area contributed by atoms with E-state index in [-0.39, 0.29) is 0 Å². The van der Waals surface area contributed by atoms with Crippen LogP contribution >= 0.6 is 0 Å². The third-order valence-corrected chi connectivity index (χ3v) is 2.24. The van der Waals surface area contributed by atoms with Crippen LogP contribution in [-0.4, -0.2) is 10.2 Å². The normalized spacial score (nSPS) is 30.4. The minimum atomic E-state index is -0.439. The zero-order chi connectivity index (χ0) is 7.72. The van der Waals surface area contributed by atoms with E-state index in [1.807, 2.05) is 6.92 Å². The molecule has 0 heterocycles. The van der Waals surface area contributed by atoms with Crippen LogP contribution in [0.4, 0.5) is 0 Å². The monoisotopic (exact) mass is 142 g/mol. The number of hydrogen-bond donors (Lipinski definition) is 2. The number of rotatable bonds is 2. The Bertz CT molecular complexity index is 157. The molecule has 0 spiro atoms. The molecule has 0 radical (unpaired) electrons. The summed E-state index contributed by atoms with van der Waals surface area (Å²) in [6, 6.07) is 0. The van der Waals surface area contributed by atoms with E-state index in [0.717, 1.165) is 18.4 Å². The van der Waals surface area contributed by atoms with Crippen molar-refractivity contribution in [2.24, 2.45) is 11.8 Å². The van der Waals surface area contributed by atoms with Gasteiger partial charge in [0.05, 0.1) is 0 Å². The highest BCUT2D eigenvalue weighted by Crippen LogP contribution is 2.49. The molecule has 0 amide bonds. The molecule has 2 unspecified atom stereocenters. The van der Waals surface area contributed by atoms with Crippen LogP contribution in [0.5, 0.6) is 0 Å². The molecule has 0 aliphatic heterocycles. The molecule has 0 aromatic rings. The number of aliphatic hydroxyl groups is 2. The van der Waals surface area contributed by atoms with Gasteiger partial charge in [-0.05, 0) is 18.3 Å². The first-order valence-corrected chi connectivity index (χ1v) is 3.80. The second kappa shape index (κ2) is 2.52. The van der Waals surface area contributed by atoms with Gasteiger partial charge in [0.25, 0.3) is 5.95 Å². The highest BCUT2D eigenvalue weighted by atomic mass is 16.5. The lowest BCUT2D eigenvalue weighted by atomic mass is 10.2. The molecule has 1 aliphatic carbocycles. The fourth-order valence-electron chi connectivity index (χ4n) is 1.55. The molecule has 0 aromatic heterocycles. The van der Waals surface area contributed by atoms with Crippen LogP contribution < -0.4 is 0 Å². The Hall–Kier alpha value is -0.660. The highest BCUT2D eigenvalue weighted by Gasteiger charge is 2.42. The van der Waals surface area contributed by atoms with E-state index in [9.17, 15) is 0 Å². The molecule has 1 fully saturated rings. The quantitative estimate of drug-likeness (QED) is 0.581. The summed E-state index contributed by atoms with van der Waals surface area (Å²) >= 11 is 0. The van der Waals surface area contributed by atoms with Crippen molar-refractivity contribution in [1.29, 1.82) is 0 Å². The Labute approximate surface area is 61.2 Å². The molecule has 2 nitrogen and oxygen atoms in total. The van der Waals surface area contributed by atoms with Gasteiger partial charge in [-0.2, -0.15) is 0 Å². The molecule has 0 aromatic carbocycles. The Kier molecular flexibility index (Phi) is 1.88. The second-order valence-corrected chi connectivity index (χ2v) is 2.96. The first-order chi connectivity index (χ1) is 4.68. The minimum absolute atomic E-state index is 0.407. The predicted octanol–water partition coefficient (Wildman–Crippen LogP) is 2.38. The van der Waals surface area contributed by atoms with E-state index < -0.39 is 5.95 Å². The van der Waals surface area contributed by atoms with Crippen molar-refractivity contribution in [3.05, 3.63) is 11.5 Å². The van der Waals surface area contributed by atoms with Crippen molar-refractivity contribution in [2.75, 3.05) is 0 Å². The lowest BCUT2D eigenvalue weighted by Gasteiger charge is -1.87. The van der Waals surface area contributed by atoms with Gasteiger partial charge in [-0.3, -0.25) is 0 Å². The topological polar surface area (TPSA) is 40.5 Å². The van der Waals surface area contributed by atoms with Crippen molar-refractivity contribution < 1.29 is 10.2 Å². The van der Waals surface area contributed by atoms with E-state index in [0.29, 0.717) is 11.8 Å². The molecule has 1 saturated carbocycles. The zero-order valence-electron chi connectivity index (χ0n) is 6.46. The van der Waals surface area contributed by atoms with Crippen LogP contribution in [0.1, 0.15) is 26.7 Å². The molecule has 1 rings (SSSR count). The van der Waals surface area contributed by atoms with E-state index >= 15 is 0 Å². The third-order valence-electron chi connectivity index (χ3n) is 2.24. The average molecular weight is 142 g/mol. The summed E-state index contributed by atoms with van der Waals surface area (Å²) in [5.41, 5.74) is 0.849. The van der Waals surface area contributed by atoms with Crippen molar-refractivity contribution in [1.82, 2.24) is 0 Å². The second-order valence-electron chi connectivity index (χ2n) is 2.96. The van der Waals surface area contributed by atoms with Crippen LogP contribution in [0.15, 0.2) is 11.5 Å². The van der Waals surface area contributed by atoms with Crippen LogP contribution in [-0.2, 0) is 0 Å².